The number of carbonyl (C=O) groups excluding carboxylic acids is 2. The van der Waals surface area contributed by atoms with Gasteiger partial charge in [0.1, 0.15) is 0 Å². The lowest BCUT2D eigenvalue weighted by Gasteiger charge is -2.40. The van der Waals surface area contributed by atoms with Crippen molar-refractivity contribution >= 4 is 11.8 Å². The smallest absolute Gasteiger partial charge is 0.225 e. The minimum Gasteiger partial charge on any atom is -0.356 e. The summed E-state index contributed by atoms with van der Waals surface area (Å²) < 4.78 is 0. The van der Waals surface area contributed by atoms with Crippen LogP contribution in [0.2, 0.25) is 0 Å². The minimum absolute atomic E-state index is 0.144. The van der Waals surface area contributed by atoms with E-state index in [1.807, 2.05) is 0 Å². The highest BCUT2D eigenvalue weighted by Gasteiger charge is 2.34. The van der Waals surface area contributed by atoms with Crippen LogP contribution in [0.5, 0.6) is 0 Å². The molecular weight excluding hydrogens is 400 g/mol. The minimum atomic E-state index is 0.144. The maximum atomic E-state index is 13.1. The lowest BCUT2D eigenvalue weighted by atomic mass is 9.91. The molecule has 0 saturated carbocycles. The molecular formula is C26H48N4O2. The molecule has 184 valence electrons. The molecule has 0 aliphatic carbocycles. The first-order chi connectivity index (χ1) is 14.9. The number of rotatable bonds is 5. The van der Waals surface area contributed by atoms with Crippen molar-refractivity contribution < 1.29 is 9.59 Å². The lowest BCUT2D eigenvalue weighted by molar-refractivity contribution is -0.136. The Hall–Kier alpha value is -1.14. The largest absolute Gasteiger partial charge is 0.356 e. The Morgan fingerprint density at radius 2 is 1.41 bits per heavy atom. The van der Waals surface area contributed by atoms with Crippen molar-refractivity contribution in [2.75, 3.05) is 52.4 Å². The fourth-order valence-electron chi connectivity index (χ4n) is 5.67. The van der Waals surface area contributed by atoms with Crippen LogP contribution in [0.25, 0.3) is 0 Å². The normalized spacial score (nSPS) is 25.3. The fourth-order valence-corrected chi connectivity index (χ4v) is 5.67. The van der Waals surface area contributed by atoms with E-state index in [1.54, 1.807) is 0 Å². The SMILES string of the molecule is CC(C)(C)CN1CCC(C(=O)N2CCC(CNC(=O)C3CCN(C(C)(C)C)CC3)C2)CC1. The summed E-state index contributed by atoms with van der Waals surface area (Å²) in [6, 6.07) is 0. The number of likely N-dealkylation sites (tertiary alicyclic amines) is 3. The number of hydrogen-bond acceptors (Lipinski definition) is 4. The van der Waals surface area contributed by atoms with Crippen molar-refractivity contribution in [1.82, 2.24) is 20.0 Å². The van der Waals surface area contributed by atoms with E-state index in [2.05, 4.69) is 61.6 Å². The third-order valence-electron chi connectivity index (χ3n) is 7.61. The number of nitrogens with zero attached hydrogens (tertiary/aromatic N) is 3. The Morgan fingerprint density at radius 3 is 1.97 bits per heavy atom. The van der Waals surface area contributed by atoms with Crippen molar-refractivity contribution in [3.63, 3.8) is 0 Å². The van der Waals surface area contributed by atoms with Crippen LogP contribution in [-0.2, 0) is 9.59 Å². The van der Waals surface area contributed by atoms with E-state index in [9.17, 15) is 9.59 Å². The van der Waals surface area contributed by atoms with Crippen LogP contribution in [-0.4, -0.2) is 84.4 Å². The molecule has 0 aromatic heterocycles. The van der Waals surface area contributed by atoms with Gasteiger partial charge in [-0.3, -0.25) is 14.5 Å². The molecule has 2 amide bonds. The fraction of sp³-hybridized carbons (Fsp3) is 0.923. The summed E-state index contributed by atoms with van der Waals surface area (Å²) in [5.74, 6) is 1.30. The zero-order valence-electron chi connectivity index (χ0n) is 21.6. The first kappa shape index (κ1) is 25.5. The van der Waals surface area contributed by atoms with Gasteiger partial charge in [-0.15, -0.1) is 0 Å². The monoisotopic (exact) mass is 448 g/mol. The summed E-state index contributed by atoms with van der Waals surface area (Å²) in [5.41, 5.74) is 0.498. The third kappa shape index (κ3) is 7.18. The molecule has 0 bridgehead atoms. The van der Waals surface area contributed by atoms with Crippen LogP contribution < -0.4 is 5.32 Å². The quantitative estimate of drug-likeness (QED) is 0.702. The summed E-state index contributed by atoms with van der Waals surface area (Å²) in [7, 11) is 0. The topological polar surface area (TPSA) is 55.9 Å². The van der Waals surface area contributed by atoms with Crippen LogP contribution in [0.1, 0.15) is 73.6 Å². The van der Waals surface area contributed by atoms with Gasteiger partial charge in [-0.05, 0) is 90.4 Å². The van der Waals surface area contributed by atoms with E-state index < -0.39 is 0 Å². The molecule has 1 N–H and O–H groups in total. The number of carbonyl (C=O) groups is 2. The average molecular weight is 449 g/mol. The van der Waals surface area contributed by atoms with Gasteiger partial charge in [0.2, 0.25) is 11.8 Å². The molecule has 32 heavy (non-hydrogen) atoms. The molecule has 3 saturated heterocycles. The molecule has 3 aliphatic heterocycles. The molecule has 3 fully saturated rings. The highest BCUT2D eigenvalue weighted by Crippen LogP contribution is 2.27. The van der Waals surface area contributed by atoms with Crippen LogP contribution in [0, 0.1) is 23.2 Å². The van der Waals surface area contributed by atoms with Gasteiger partial charge in [-0.1, -0.05) is 20.8 Å². The maximum absolute atomic E-state index is 13.1. The maximum Gasteiger partial charge on any atom is 0.225 e. The highest BCUT2D eigenvalue weighted by molar-refractivity contribution is 5.80. The van der Waals surface area contributed by atoms with Crippen molar-refractivity contribution in [3.05, 3.63) is 0 Å². The van der Waals surface area contributed by atoms with Gasteiger partial charge in [0.05, 0.1) is 0 Å². The Kier molecular flexibility index (Phi) is 8.30. The average Bonchev–Trinajstić information content (AvgIpc) is 3.19. The predicted molar refractivity (Wildman–Crippen MR) is 130 cm³/mol. The standard InChI is InChI=1S/C26H48N4O2/c1-25(2,3)19-28-12-8-22(9-13-28)24(32)29-14-7-20(18-29)17-27-23(31)21-10-15-30(16-11-21)26(4,5)6/h20-22H,7-19H2,1-6H3,(H,27,31). The van der Waals surface area contributed by atoms with E-state index in [0.29, 0.717) is 23.8 Å². The molecule has 1 atom stereocenters. The van der Waals surface area contributed by atoms with Crippen molar-refractivity contribution in [2.45, 2.75) is 79.2 Å². The van der Waals surface area contributed by atoms with E-state index >= 15 is 0 Å². The number of piperidine rings is 2. The first-order valence-corrected chi connectivity index (χ1v) is 13.0. The molecule has 0 aromatic carbocycles. The van der Waals surface area contributed by atoms with Crippen LogP contribution in [0.3, 0.4) is 0 Å². The van der Waals surface area contributed by atoms with Gasteiger partial charge in [0.25, 0.3) is 0 Å². The molecule has 3 heterocycles. The molecule has 3 aliphatic rings. The Morgan fingerprint density at radius 1 is 0.812 bits per heavy atom. The third-order valence-corrected chi connectivity index (χ3v) is 7.61. The second-order valence-corrected chi connectivity index (χ2v) is 12.7. The molecule has 3 rings (SSSR count). The van der Waals surface area contributed by atoms with E-state index in [4.69, 9.17) is 0 Å². The van der Waals surface area contributed by atoms with Gasteiger partial charge >= 0.3 is 0 Å². The zero-order chi connectivity index (χ0) is 23.5. The highest BCUT2D eigenvalue weighted by atomic mass is 16.2. The van der Waals surface area contributed by atoms with Gasteiger partial charge in [0, 0.05) is 43.6 Å². The lowest BCUT2D eigenvalue weighted by Crippen LogP contribution is -2.48. The molecule has 6 nitrogen and oxygen atoms in total. The van der Waals surface area contributed by atoms with Gasteiger partial charge in [0.15, 0.2) is 0 Å². The van der Waals surface area contributed by atoms with Crippen LogP contribution in [0.4, 0.5) is 0 Å². The van der Waals surface area contributed by atoms with Crippen LogP contribution in [0.15, 0.2) is 0 Å². The van der Waals surface area contributed by atoms with Gasteiger partial charge < -0.3 is 15.1 Å². The summed E-state index contributed by atoms with van der Waals surface area (Å²) in [5, 5.41) is 3.21. The van der Waals surface area contributed by atoms with Crippen molar-refractivity contribution in [1.29, 1.82) is 0 Å². The number of amides is 2. The Bertz CT molecular complexity index is 635. The molecule has 0 spiro atoms. The summed E-state index contributed by atoms with van der Waals surface area (Å²) in [6.07, 6.45) is 4.89. The second-order valence-electron chi connectivity index (χ2n) is 12.7. The van der Waals surface area contributed by atoms with Gasteiger partial charge in [-0.25, -0.2) is 0 Å². The molecule has 0 radical (unpaired) electrons. The van der Waals surface area contributed by atoms with Crippen molar-refractivity contribution in [3.8, 4) is 0 Å². The summed E-state index contributed by atoms with van der Waals surface area (Å²) >= 11 is 0. The first-order valence-electron chi connectivity index (χ1n) is 13.0. The molecule has 0 aromatic rings. The second kappa shape index (κ2) is 10.4. The van der Waals surface area contributed by atoms with E-state index in [1.165, 1.54) is 0 Å². The van der Waals surface area contributed by atoms with E-state index in [0.717, 1.165) is 77.9 Å². The summed E-state index contributed by atoms with van der Waals surface area (Å²) in [6.45, 7) is 21.1. The predicted octanol–water partition coefficient (Wildman–Crippen LogP) is 3.22. The number of nitrogens with one attached hydrogen (secondary N) is 1. The molecule has 6 heteroatoms. The van der Waals surface area contributed by atoms with Gasteiger partial charge in [-0.2, -0.15) is 0 Å². The van der Waals surface area contributed by atoms with Crippen LogP contribution >= 0.6 is 0 Å². The number of hydrogen-bond donors (Lipinski definition) is 1. The Balaban J connectivity index is 1.35. The zero-order valence-corrected chi connectivity index (χ0v) is 21.6. The molecule has 1 unspecified atom stereocenters. The van der Waals surface area contributed by atoms with Crippen molar-refractivity contribution in [2.24, 2.45) is 23.2 Å². The summed E-state index contributed by atoms with van der Waals surface area (Å²) in [4.78, 5) is 32.8. The van der Waals surface area contributed by atoms with E-state index in [-0.39, 0.29) is 23.3 Å². The Labute approximate surface area is 196 Å².